The standard InChI is InChI=1S/C27H23F2N3O3/c1-15-12-16(10-11-27(2,3)35)13-21(30-15)26(34)32-24(19-14-17(28)8-9-22(19)33)25-23(29)18-6-4-5-7-20(18)31-25/h4-9,12-14,24,31,33,35H,1-3H3,(H,32,34)/t24-/m1/s1. The first-order valence-corrected chi connectivity index (χ1v) is 10.8. The predicted octanol–water partition coefficient (Wildman–Crippen LogP) is 4.50. The Bertz CT molecular complexity index is 1490. The molecule has 0 saturated carbocycles. The van der Waals surface area contributed by atoms with Crippen LogP contribution in [0.1, 0.15) is 52.9 Å². The number of aryl methyl sites for hydroxylation is 1. The van der Waals surface area contributed by atoms with E-state index in [1.165, 1.54) is 19.9 Å². The van der Waals surface area contributed by atoms with E-state index in [0.717, 1.165) is 18.2 Å². The molecule has 178 valence electrons. The molecule has 0 bridgehead atoms. The van der Waals surface area contributed by atoms with Gasteiger partial charge < -0.3 is 20.5 Å². The van der Waals surface area contributed by atoms with Crippen LogP contribution in [0.15, 0.2) is 54.6 Å². The number of aromatic hydroxyl groups is 1. The molecule has 35 heavy (non-hydrogen) atoms. The van der Waals surface area contributed by atoms with Crippen molar-refractivity contribution < 1.29 is 23.8 Å². The Morgan fingerprint density at radius 1 is 1.14 bits per heavy atom. The van der Waals surface area contributed by atoms with Crippen molar-refractivity contribution in [3.63, 3.8) is 0 Å². The van der Waals surface area contributed by atoms with Gasteiger partial charge in [0.05, 0.1) is 5.69 Å². The number of aromatic amines is 1. The van der Waals surface area contributed by atoms with E-state index in [9.17, 15) is 19.4 Å². The second-order valence-corrected chi connectivity index (χ2v) is 8.70. The van der Waals surface area contributed by atoms with E-state index in [1.54, 1.807) is 37.3 Å². The third-order valence-corrected chi connectivity index (χ3v) is 5.23. The van der Waals surface area contributed by atoms with Gasteiger partial charge in [0.25, 0.3) is 5.91 Å². The molecule has 4 aromatic rings. The molecule has 8 heteroatoms. The van der Waals surface area contributed by atoms with Crippen LogP contribution in [0, 0.1) is 30.4 Å². The Kier molecular flexibility index (Phi) is 6.29. The van der Waals surface area contributed by atoms with Crippen LogP contribution >= 0.6 is 0 Å². The Balaban J connectivity index is 1.79. The number of halogens is 2. The number of H-pyrrole nitrogens is 1. The monoisotopic (exact) mass is 475 g/mol. The number of benzene rings is 2. The van der Waals surface area contributed by atoms with Crippen LogP contribution in [0.4, 0.5) is 8.78 Å². The number of phenols is 1. The maximum Gasteiger partial charge on any atom is 0.270 e. The summed E-state index contributed by atoms with van der Waals surface area (Å²) >= 11 is 0. The largest absolute Gasteiger partial charge is 0.508 e. The lowest BCUT2D eigenvalue weighted by Gasteiger charge is -2.20. The number of aliphatic hydroxyl groups is 1. The Morgan fingerprint density at radius 3 is 2.60 bits per heavy atom. The first-order valence-electron chi connectivity index (χ1n) is 10.8. The molecule has 0 fully saturated rings. The van der Waals surface area contributed by atoms with Gasteiger partial charge in [-0.2, -0.15) is 0 Å². The molecule has 0 spiro atoms. The maximum atomic E-state index is 15.4. The number of aromatic nitrogens is 2. The smallest absolute Gasteiger partial charge is 0.270 e. The number of carbonyl (C=O) groups is 1. The summed E-state index contributed by atoms with van der Waals surface area (Å²) in [6.07, 6.45) is 0. The van der Waals surface area contributed by atoms with Crippen molar-refractivity contribution in [1.29, 1.82) is 0 Å². The van der Waals surface area contributed by atoms with Gasteiger partial charge in [-0.25, -0.2) is 13.8 Å². The highest BCUT2D eigenvalue weighted by Crippen LogP contribution is 2.34. The van der Waals surface area contributed by atoms with E-state index < -0.39 is 29.2 Å². The zero-order valence-electron chi connectivity index (χ0n) is 19.3. The van der Waals surface area contributed by atoms with Crippen molar-refractivity contribution in [3.8, 4) is 17.6 Å². The molecule has 0 aliphatic carbocycles. The number of carbonyl (C=O) groups excluding carboxylic acids is 1. The van der Waals surface area contributed by atoms with E-state index >= 15 is 4.39 Å². The Morgan fingerprint density at radius 2 is 1.89 bits per heavy atom. The number of amides is 1. The fraction of sp³-hybridized carbons (Fsp3) is 0.185. The molecule has 2 heterocycles. The lowest BCUT2D eigenvalue weighted by Crippen LogP contribution is -2.31. The first-order chi connectivity index (χ1) is 16.5. The summed E-state index contributed by atoms with van der Waals surface area (Å²) in [6, 6.07) is 11.7. The van der Waals surface area contributed by atoms with Crippen LogP contribution in [0.25, 0.3) is 10.9 Å². The zero-order valence-corrected chi connectivity index (χ0v) is 19.3. The Labute approximate surface area is 200 Å². The number of rotatable bonds is 4. The number of nitrogens with one attached hydrogen (secondary N) is 2. The minimum Gasteiger partial charge on any atom is -0.508 e. The van der Waals surface area contributed by atoms with E-state index in [4.69, 9.17) is 0 Å². The van der Waals surface area contributed by atoms with Crippen LogP contribution < -0.4 is 5.32 Å². The Hall–Kier alpha value is -4.22. The molecular formula is C27H23F2N3O3. The third kappa shape index (κ3) is 5.31. The van der Waals surface area contributed by atoms with Gasteiger partial charge in [-0.3, -0.25) is 4.79 Å². The molecule has 4 rings (SSSR count). The number of pyridine rings is 1. The van der Waals surface area contributed by atoms with Crippen molar-refractivity contribution in [2.75, 3.05) is 0 Å². The van der Waals surface area contributed by atoms with Crippen molar-refractivity contribution >= 4 is 16.8 Å². The molecule has 0 aliphatic heterocycles. The summed E-state index contributed by atoms with van der Waals surface area (Å²) in [5, 5.41) is 23.3. The third-order valence-electron chi connectivity index (χ3n) is 5.23. The quantitative estimate of drug-likeness (QED) is 0.327. The number of hydrogen-bond acceptors (Lipinski definition) is 4. The molecule has 0 saturated heterocycles. The van der Waals surface area contributed by atoms with Crippen molar-refractivity contribution in [2.45, 2.75) is 32.4 Å². The fourth-order valence-electron chi connectivity index (χ4n) is 3.68. The van der Waals surface area contributed by atoms with Crippen LogP contribution in [-0.4, -0.2) is 31.7 Å². The molecule has 1 amide bonds. The average Bonchev–Trinajstić information content (AvgIpc) is 3.13. The maximum absolute atomic E-state index is 15.4. The van der Waals surface area contributed by atoms with E-state index in [0.29, 0.717) is 16.8 Å². The molecule has 2 aromatic heterocycles. The summed E-state index contributed by atoms with van der Waals surface area (Å²) in [4.78, 5) is 20.4. The first kappa shape index (κ1) is 23.9. The molecule has 1 atom stereocenters. The lowest BCUT2D eigenvalue weighted by atomic mass is 10.0. The molecule has 0 unspecified atom stereocenters. The van der Waals surface area contributed by atoms with Gasteiger partial charge in [0, 0.05) is 27.7 Å². The van der Waals surface area contributed by atoms with Crippen molar-refractivity contribution in [2.24, 2.45) is 0 Å². The van der Waals surface area contributed by atoms with E-state index in [1.807, 2.05) is 0 Å². The normalized spacial score (nSPS) is 12.2. The van der Waals surface area contributed by atoms with Gasteiger partial charge in [0.1, 0.15) is 28.9 Å². The fourth-order valence-corrected chi connectivity index (χ4v) is 3.68. The highest BCUT2D eigenvalue weighted by molar-refractivity contribution is 5.93. The molecule has 0 aliphatic rings. The number of hydrogen-bond donors (Lipinski definition) is 4. The van der Waals surface area contributed by atoms with Gasteiger partial charge in [-0.15, -0.1) is 0 Å². The number of fused-ring (bicyclic) bond motifs is 1. The highest BCUT2D eigenvalue weighted by Gasteiger charge is 2.27. The number of nitrogens with zero attached hydrogens (tertiary/aromatic N) is 1. The summed E-state index contributed by atoms with van der Waals surface area (Å²) in [5.41, 5.74) is 0.114. The summed E-state index contributed by atoms with van der Waals surface area (Å²) in [6.45, 7) is 4.75. The van der Waals surface area contributed by atoms with Gasteiger partial charge in [-0.1, -0.05) is 24.0 Å². The van der Waals surface area contributed by atoms with Gasteiger partial charge in [0.2, 0.25) is 0 Å². The van der Waals surface area contributed by atoms with Crippen LogP contribution in [0.5, 0.6) is 5.75 Å². The van der Waals surface area contributed by atoms with Gasteiger partial charge >= 0.3 is 0 Å². The van der Waals surface area contributed by atoms with Crippen LogP contribution in [0.3, 0.4) is 0 Å². The molecule has 0 radical (unpaired) electrons. The second-order valence-electron chi connectivity index (χ2n) is 8.70. The minimum absolute atomic E-state index is 0.0116. The van der Waals surface area contributed by atoms with Crippen molar-refractivity contribution in [3.05, 3.63) is 94.4 Å². The summed E-state index contributed by atoms with van der Waals surface area (Å²) in [5.74, 6) is 3.18. The average molecular weight is 475 g/mol. The zero-order chi connectivity index (χ0) is 25.3. The molecule has 4 N–H and O–H groups in total. The number of para-hydroxylation sites is 1. The van der Waals surface area contributed by atoms with Crippen LogP contribution in [0.2, 0.25) is 0 Å². The second kappa shape index (κ2) is 9.20. The topological polar surface area (TPSA) is 98.2 Å². The van der Waals surface area contributed by atoms with Crippen molar-refractivity contribution in [1.82, 2.24) is 15.3 Å². The highest BCUT2D eigenvalue weighted by atomic mass is 19.1. The lowest BCUT2D eigenvalue weighted by molar-refractivity contribution is 0.0936. The number of phenolic OH excluding ortho intramolecular Hbond substituents is 1. The molecule has 2 aromatic carbocycles. The van der Waals surface area contributed by atoms with E-state index in [-0.39, 0.29) is 28.1 Å². The van der Waals surface area contributed by atoms with Crippen LogP contribution in [-0.2, 0) is 0 Å². The summed E-state index contributed by atoms with van der Waals surface area (Å²) in [7, 11) is 0. The van der Waals surface area contributed by atoms with Gasteiger partial charge in [0.15, 0.2) is 5.82 Å². The van der Waals surface area contributed by atoms with E-state index in [2.05, 4.69) is 27.1 Å². The SMILES string of the molecule is Cc1cc(C#CC(C)(C)O)cc(C(=O)N[C@H](c2cc(F)ccc2O)c2[nH]c3ccccc3c2F)n1. The van der Waals surface area contributed by atoms with Gasteiger partial charge in [-0.05, 0) is 63.2 Å². The summed E-state index contributed by atoms with van der Waals surface area (Å²) < 4.78 is 29.5. The predicted molar refractivity (Wildman–Crippen MR) is 128 cm³/mol. The molecule has 6 nitrogen and oxygen atoms in total. The minimum atomic E-state index is -1.25. The molecular weight excluding hydrogens is 452 g/mol.